The predicted octanol–water partition coefficient (Wildman–Crippen LogP) is 1.81. The Labute approximate surface area is 86.4 Å². The summed E-state index contributed by atoms with van der Waals surface area (Å²) in [5.74, 6) is -0.0756. The van der Waals surface area contributed by atoms with Gasteiger partial charge >= 0.3 is 5.97 Å². The van der Waals surface area contributed by atoms with Gasteiger partial charge in [-0.1, -0.05) is 6.92 Å². The highest BCUT2D eigenvalue weighted by Gasteiger charge is 2.23. The lowest BCUT2D eigenvalue weighted by atomic mass is 10.1. The molecule has 1 rings (SSSR count). The van der Waals surface area contributed by atoms with E-state index >= 15 is 0 Å². The highest BCUT2D eigenvalue weighted by atomic mass is 16.5. The molecule has 0 unspecified atom stereocenters. The fraction of sp³-hybridized carbons (Fsp3) is 0.909. The van der Waals surface area contributed by atoms with E-state index in [0.717, 1.165) is 6.42 Å². The van der Waals surface area contributed by atoms with Crippen LogP contribution in [0.4, 0.5) is 0 Å². The fourth-order valence-electron chi connectivity index (χ4n) is 2.19. The van der Waals surface area contributed by atoms with Gasteiger partial charge in [-0.3, -0.25) is 4.79 Å². The molecule has 3 heteroatoms. The molecule has 1 saturated heterocycles. The van der Waals surface area contributed by atoms with Crippen molar-refractivity contribution in [3.05, 3.63) is 0 Å². The summed E-state index contributed by atoms with van der Waals surface area (Å²) < 4.78 is 4.65. The molecule has 1 aliphatic rings. The minimum atomic E-state index is -0.0756. The van der Waals surface area contributed by atoms with E-state index in [1.807, 2.05) is 0 Å². The van der Waals surface area contributed by atoms with Crippen LogP contribution in [0.15, 0.2) is 0 Å². The third-order valence-corrected chi connectivity index (χ3v) is 2.92. The lowest BCUT2D eigenvalue weighted by molar-refractivity contribution is -0.140. The van der Waals surface area contributed by atoms with Crippen LogP contribution in [0.2, 0.25) is 0 Å². The van der Waals surface area contributed by atoms with Gasteiger partial charge in [-0.2, -0.15) is 0 Å². The van der Waals surface area contributed by atoms with E-state index < -0.39 is 0 Å². The number of rotatable bonds is 5. The molecule has 1 atom stereocenters. The van der Waals surface area contributed by atoms with Gasteiger partial charge in [0, 0.05) is 12.5 Å². The second-order valence-electron chi connectivity index (χ2n) is 3.95. The maximum atomic E-state index is 11.0. The van der Waals surface area contributed by atoms with Crippen molar-refractivity contribution in [3.8, 4) is 0 Å². The first-order chi connectivity index (χ1) is 6.77. The van der Waals surface area contributed by atoms with Crippen LogP contribution in [0.25, 0.3) is 0 Å². The first-order valence-corrected chi connectivity index (χ1v) is 5.58. The monoisotopic (exact) mass is 199 g/mol. The lowest BCUT2D eigenvalue weighted by Crippen LogP contribution is -2.30. The molecule has 1 aliphatic heterocycles. The Balaban J connectivity index is 2.25. The summed E-state index contributed by atoms with van der Waals surface area (Å²) in [4.78, 5) is 13.5. The standard InChI is InChI=1S/C11H21NO2/c1-3-8-12-9-4-5-10(12)6-7-11(13)14-2/h10H,3-9H2,1-2H3/t10-/m0/s1. The third-order valence-electron chi connectivity index (χ3n) is 2.92. The van der Waals surface area contributed by atoms with Crippen LogP contribution < -0.4 is 0 Å². The maximum Gasteiger partial charge on any atom is 0.305 e. The molecule has 0 amide bonds. The second-order valence-corrected chi connectivity index (χ2v) is 3.95. The van der Waals surface area contributed by atoms with Crippen molar-refractivity contribution in [1.29, 1.82) is 0 Å². The van der Waals surface area contributed by atoms with Crippen molar-refractivity contribution in [1.82, 2.24) is 4.90 Å². The van der Waals surface area contributed by atoms with Gasteiger partial charge in [0.2, 0.25) is 0 Å². The molecule has 1 fully saturated rings. The summed E-state index contributed by atoms with van der Waals surface area (Å²) in [6.45, 7) is 4.58. The first-order valence-electron chi connectivity index (χ1n) is 5.58. The molecule has 82 valence electrons. The number of likely N-dealkylation sites (tertiary alicyclic amines) is 1. The van der Waals surface area contributed by atoms with Crippen molar-refractivity contribution < 1.29 is 9.53 Å². The van der Waals surface area contributed by atoms with Gasteiger partial charge in [0.15, 0.2) is 0 Å². The predicted molar refractivity (Wildman–Crippen MR) is 56.1 cm³/mol. The molecule has 14 heavy (non-hydrogen) atoms. The number of nitrogens with zero attached hydrogens (tertiary/aromatic N) is 1. The largest absolute Gasteiger partial charge is 0.469 e. The van der Waals surface area contributed by atoms with Gasteiger partial charge < -0.3 is 9.64 Å². The number of carbonyl (C=O) groups excluding carboxylic acids is 1. The zero-order chi connectivity index (χ0) is 10.4. The Morgan fingerprint density at radius 3 is 3.00 bits per heavy atom. The normalized spacial score (nSPS) is 22.6. The summed E-state index contributed by atoms with van der Waals surface area (Å²) in [5.41, 5.74) is 0. The van der Waals surface area contributed by atoms with E-state index in [2.05, 4.69) is 16.6 Å². The van der Waals surface area contributed by atoms with Crippen LogP contribution in [-0.4, -0.2) is 37.1 Å². The average molecular weight is 199 g/mol. The van der Waals surface area contributed by atoms with Crippen LogP contribution in [0.5, 0.6) is 0 Å². The Bertz CT molecular complexity index is 182. The van der Waals surface area contributed by atoms with Crippen molar-refractivity contribution in [3.63, 3.8) is 0 Å². The smallest absolute Gasteiger partial charge is 0.305 e. The zero-order valence-corrected chi connectivity index (χ0v) is 9.29. The number of esters is 1. The van der Waals surface area contributed by atoms with Crippen LogP contribution in [0.1, 0.15) is 39.0 Å². The lowest BCUT2D eigenvalue weighted by Gasteiger charge is -2.23. The zero-order valence-electron chi connectivity index (χ0n) is 9.29. The molecule has 0 spiro atoms. The van der Waals surface area contributed by atoms with E-state index in [1.54, 1.807) is 0 Å². The maximum absolute atomic E-state index is 11.0. The van der Waals surface area contributed by atoms with E-state index in [1.165, 1.54) is 39.5 Å². The highest BCUT2D eigenvalue weighted by Crippen LogP contribution is 2.21. The summed E-state index contributed by atoms with van der Waals surface area (Å²) in [5, 5.41) is 0. The molecule has 0 aromatic carbocycles. The summed E-state index contributed by atoms with van der Waals surface area (Å²) in [6.07, 6.45) is 5.27. The van der Waals surface area contributed by atoms with Crippen LogP contribution in [0.3, 0.4) is 0 Å². The molecular formula is C11H21NO2. The number of ether oxygens (including phenoxy) is 1. The van der Waals surface area contributed by atoms with E-state index in [0.29, 0.717) is 12.5 Å². The number of hydrogen-bond donors (Lipinski definition) is 0. The summed E-state index contributed by atoms with van der Waals surface area (Å²) in [7, 11) is 1.46. The molecule has 1 heterocycles. The number of carbonyl (C=O) groups is 1. The van der Waals surface area contributed by atoms with E-state index in [4.69, 9.17) is 0 Å². The summed E-state index contributed by atoms with van der Waals surface area (Å²) in [6, 6.07) is 0.619. The van der Waals surface area contributed by atoms with Crippen molar-refractivity contribution in [2.24, 2.45) is 0 Å². The van der Waals surface area contributed by atoms with Gasteiger partial charge in [-0.25, -0.2) is 0 Å². The van der Waals surface area contributed by atoms with Crippen LogP contribution >= 0.6 is 0 Å². The highest BCUT2D eigenvalue weighted by molar-refractivity contribution is 5.69. The summed E-state index contributed by atoms with van der Waals surface area (Å²) >= 11 is 0. The third kappa shape index (κ3) is 3.29. The van der Waals surface area contributed by atoms with Crippen molar-refractivity contribution in [2.45, 2.75) is 45.1 Å². The molecule has 3 nitrogen and oxygen atoms in total. The fourth-order valence-corrected chi connectivity index (χ4v) is 2.19. The molecular weight excluding hydrogens is 178 g/mol. The quantitative estimate of drug-likeness (QED) is 0.632. The van der Waals surface area contributed by atoms with Gasteiger partial charge in [0.25, 0.3) is 0 Å². The van der Waals surface area contributed by atoms with Crippen LogP contribution in [0, 0.1) is 0 Å². The molecule has 0 aliphatic carbocycles. The molecule has 0 saturated carbocycles. The SMILES string of the molecule is CCCN1CCC[C@H]1CCC(=O)OC. The van der Waals surface area contributed by atoms with Crippen molar-refractivity contribution >= 4 is 5.97 Å². The van der Waals surface area contributed by atoms with E-state index in [9.17, 15) is 4.79 Å². The van der Waals surface area contributed by atoms with Gasteiger partial charge in [-0.05, 0) is 38.8 Å². The average Bonchev–Trinajstić information content (AvgIpc) is 2.62. The number of hydrogen-bond acceptors (Lipinski definition) is 3. The molecule has 0 N–H and O–H groups in total. The Morgan fingerprint density at radius 2 is 2.36 bits per heavy atom. The van der Waals surface area contributed by atoms with Gasteiger partial charge in [0.05, 0.1) is 7.11 Å². The Kier molecular flexibility index (Phi) is 4.94. The molecule has 0 bridgehead atoms. The molecule has 0 aromatic rings. The van der Waals surface area contributed by atoms with E-state index in [-0.39, 0.29) is 5.97 Å². The molecule has 0 radical (unpaired) electrons. The Hall–Kier alpha value is -0.570. The van der Waals surface area contributed by atoms with Gasteiger partial charge in [-0.15, -0.1) is 0 Å². The minimum absolute atomic E-state index is 0.0756. The topological polar surface area (TPSA) is 29.5 Å². The molecule has 0 aromatic heterocycles. The first kappa shape index (κ1) is 11.5. The minimum Gasteiger partial charge on any atom is -0.469 e. The van der Waals surface area contributed by atoms with Crippen LogP contribution in [-0.2, 0) is 9.53 Å². The number of methoxy groups -OCH3 is 1. The second kappa shape index (κ2) is 6.02. The van der Waals surface area contributed by atoms with Gasteiger partial charge in [0.1, 0.15) is 0 Å². The Morgan fingerprint density at radius 1 is 1.57 bits per heavy atom. The van der Waals surface area contributed by atoms with Crippen molar-refractivity contribution in [2.75, 3.05) is 20.2 Å².